The van der Waals surface area contributed by atoms with Crippen LogP contribution in [0.5, 0.6) is 0 Å². The topological polar surface area (TPSA) is 26.3 Å². The van der Waals surface area contributed by atoms with E-state index in [2.05, 4.69) is 11.8 Å². The Balaban J connectivity index is 3.56. The molecule has 0 spiro atoms. The lowest BCUT2D eigenvalue weighted by atomic mass is 10.3. The number of carbonyl (C=O) groups is 1. The van der Waals surface area contributed by atoms with Crippen LogP contribution in [0.2, 0.25) is 0 Å². The molecule has 2 nitrogen and oxygen atoms in total. The van der Waals surface area contributed by atoms with Gasteiger partial charge in [0, 0.05) is 13.0 Å². The van der Waals surface area contributed by atoms with Crippen LogP contribution in [0.25, 0.3) is 0 Å². The standard InChI is InChI=1S/C8H12O2/c1-3-5-6-8(7-9)10-4-2/h7-8H,4,6H2,1-2H3. The average molecular weight is 140 g/mol. The molecule has 1 atom stereocenters. The lowest BCUT2D eigenvalue weighted by Gasteiger charge is -2.04. The maximum absolute atomic E-state index is 10.2. The maximum Gasteiger partial charge on any atom is 0.149 e. The minimum atomic E-state index is -0.336. The molecule has 0 aromatic rings. The summed E-state index contributed by atoms with van der Waals surface area (Å²) >= 11 is 0. The van der Waals surface area contributed by atoms with Crippen LogP contribution < -0.4 is 0 Å². The molecule has 0 aliphatic carbocycles. The van der Waals surface area contributed by atoms with E-state index in [0.29, 0.717) is 13.0 Å². The van der Waals surface area contributed by atoms with Crippen LogP contribution >= 0.6 is 0 Å². The van der Waals surface area contributed by atoms with Crippen molar-refractivity contribution in [1.29, 1.82) is 0 Å². The summed E-state index contributed by atoms with van der Waals surface area (Å²) in [4.78, 5) is 10.2. The van der Waals surface area contributed by atoms with Gasteiger partial charge in [-0.2, -0.15) is 0 Å². The van der Waals surface area contributed by atoms with Crippen LogP contribution in [0.3, 0.4) is 0 Å². The Morgan fingerprint density at radius 2 is 2.40 bits per heavy atom. The third-order valence-corrected chi connectivity index (χ3v) is 1.01. The molecule has 0 fully saturated rings. The highest BCUT2D eigenvalue weighted by molar-refractivity contribution is 5.56. The summed E-state index contributed by atoms with van der Waals surface area (Å²) in [5, 5.41) is 0. The van der Waals surface area contributed by atoms with E-state index in [1.54, 1.807) is 6.92 Å². The minimum absolute atomic E-state index is 0.336. The Bertz CT molecular complexity index is 141. The third-order valence-electron chi connectivity index (χ3n) is 1.01. The molecule has 1 unspecified atom stereocenters. The first-order valence-corrected chi connectivity index (χ1v) is 3.31. The molecule has 56 valence electrons. The SMILES string of the molecule is CC#CCC(C=O)OCC. The fourth-order valence-corrected chi connectivity index (χ4v) is 0.563. The van der Waals surface area contributed by atoms with Gasteiger partial charge in [0.1, 0.15) is 12.4 Å². The quantitative estimate of drug-likeness (QED) is 0.430. The van der Waals surface area contributed by atoms with Crippen molar-refractivity contribution < 1.29 is 9.53 Å². The summed E-state index contributed by atoms with van der Waals surface area (Å²) in [6.07, 6.45) is 0.958. The van der Waals surface area contributed by atoms with Gasteiger partial charge < -0.3 is 9.53 Å². The van der Waals surface area contributed by atoms with E-state index in [0.717, 1.165) is 6.29 Å². The first-order valence-electron chi connectivity index (χ1n) is 3.31. The van der Waals surface area contributed by atoms with Crippen molar-refractivity contribution in [1.82, 2.24) is 0 Å². The van der Waals surface area contributed by atoms with Gasteiger partial charge in [-0.1, -0.05) is 0 Å². The van der Waals surface area contributed by atoms with Gasteiger partial charge in [0.2, 0.25) is 0 Å². The number of rotatable bonds is 4. The molecule has 0 bridgehead atoms. The Kier molecular flexibility index (Phi) is 5.80. The van der Waals surface area contributed by atoms with Crippen LogP contribution in [0.15, 0.2) is 0 Å². The monoisotopic (exact) mass is 140 g/mol. The summed E-state index contributed by atoms with van der Waals surface area (Å²) in [7, 11) is 0. The van der Waals surface area contributed by atoms with Crippen molar-refractivity contribution in [3.05, 3.63) is 0 Å². The Morgan fingerprint density at radius 3 is 2.80 bits per heavy atom. The molecule has 0 saturated heterocycles. The molecule has 2 heteroatoms. The lowest BCUT2D eigenvalue weighted by Crippen LogP contribution is -2.13. The first-order chi connectivity index (χ1) is 4.85. The van der Waals surface area contributed by atoms with Crippen molar-refractivity contribution in [2.45, 2.75) is 26.4 Å². The van der Waals surface area contributed by atoms with Crippen LogP contribution in [0.4, 0.5) is 0 Å². The van der Waals surface area contributed by atoms with Crippen molar-refractivity contribution >= 4 is 6.29 Å². The number of carbonyl (C=O) groups excluding carboxylic acids is 1. The molecule has 0 aliphatic rings. The smallest absolute Gasteiger partial charge is 0.149 e. The van der Waals surface area contributed by atoms with E-state index >= 15 is 0 Å². The highest BCUT2D eigenvalue weighted by Gasteiger charge is 2.01. The molecule has 0 aliphatic heterocycles. The summed E-state index contributed by atoms with van der Waals surface area (Å²) < 4.78 is 5.02. The second-order valence-corrected chi connectivity index (χ2v) is 1.76. The molecule has 0 aromatic heterocycles. The molecule has 0 rings (SSSR count). The van der Waals surface area contributed by atoms with Gasteiger partial charge in [0.25, 0.3) is 0 Å². The summed E-state index contributed by atoms with van der Waals surface area (Å²) in [5.41, 5.74) is 0. The Morgan fingerprint density at radius 1 is 1.70 bits per heavy atom. The minimum Gasteiger partial charge on any atom is -0.370 e. The van der Waals surface area contributed by atoms with Gasteiger partial charge in [0.05, 0.1) is 0 Å². The van der Waals surface area contributed by atoms with Gasteiger partial charge in [-0.3, -0.25) is 0 Å². The second-order valence-electron chi connectivity index (χ2n) is 1.76. The summed E-state index contributed by atoms with van der Waals surface area (Å²) in [5.74, 6) is 5.48. The normalized spacial score (nSPS) is 11.4. The fraction of sp³-hybridized carbons (Fsp3) is 0.625. The zero-order valence-corrected chi connectivity index (χ0v) is 6.39. The number of aldehydes is 1. The molecular weight excluding hydrogens is 128 g/mol. The fourth-order valence-electron chi connectivity index (χ4n) is 0.563. The molecule has 0 saturated carbocycles. The number of hydrogen-bond acceptors (Lipinski definition) is 2. The van der Waals surface area contributed by atoms with Crippen LogP contribution in [-0.2, 0) is 9.53 Å². The predicted molar refractivity (Wildman–Crippen MR) is 39.5 cm³/mol. The third kappa shape index (κ3) is 4.11. The molecule has 0 aromatic carbocycles. The van der Waals surface area contributed by atoms with Crippen molar-refractivity contribution in [2.24, 2.45) is 0 Å². The van der Waals surface area contributed by atoms with Gasteiger partial charge >= 0.3 is 0 Å². The molecule has 0 heterocycles. The van der Waals surface area contributed by atoms with Gasteiger partial charge in [-0.25, -0.2) is 0 Å². The average Bonchev–Trinajstić information content (AvgIpc) is 1.98. The zero-order chi connectivity index (χ0) is 7.82. The van der Waals surface area contributed by atoms with E-state index in [4.69, 9.17) is 4.74 Å². The molecule has 0 N–H and O–H groups in total. The molecular formula is C8H12O2. The van der Waals surface area contributed by atoms with E-state index in [1.165, 1.54) is 0 Å². The van der Waals surface area contributed by atoms with Crippen LogP contribution in [-0.4, -0.2) is 19.0 Å². The highest BCUT2D eigenvalue weighted by Crippen LogP contribution is 1.92. The number of ether oxygens (including phenoxy) is 1. The first kappa shape index (κ1) is 9.19. The van der Waals surface area contributed by atoms with Gasteiger partial charge in [-0.15, -0.1) is 11.8 Å². The van der Waals surface area contributed by atoms with E-state index in [-0.39, 0.29) is 6.10 Å². The zero-order valence-electron chi connectivity index (χ0n) is 6.39. The van der Waals surface area contributed by atoms with Crippen LogP contribution in [0.1, 0.15) is 20.3 Å². The predicted octanol–water partition coefficient (Wildman–Crippen LogP) is 1.00. The number of hydrogen-bond donors (Lipinski definition) is 0. The Hall–Kier alpha value is -0.810. The molecule has 0 amide bonds. The van der Waals surface area contributed by atoms with E-state index in [1.807, 2.05) is 6.92 Å². The largest absolute Gasteiger partial charge is 0.370 e. The van der Waals surface area contributed by atoms with Gasteiger partial charge in [0.15, 0.2) is 0 Å². The van der Waals surface area contributed by atoms with Gasteiger partial charge in [-0.05, 0) is 13.8 Å². The summed E-state index contributed by atoms with van der Waals surface area (Å²) in [6, 6.07) is 0. The molecule has 10 heavy (non-hydrogen) atoms. The van der Waals surface area contributed by atoms with Crippen LogP contribution in [0, 0.1) is 11.8 Å². The van der Waals surface area contributed by atoms with Crippen molar-refractivity contribution in [3.63, 3.8) is 0 Å². The van der Waals surface area contributed by atoms with E-state index in [9.17, 15) is 4.79 Å². The van der Waals surface area contributed by atoms with Crippen molar-refractivity contribution in [2.75, 3.05) is 6.61 Å². The van der Waals surface area contributed by atoms with E-state index < -0.39 is 0 Å². The van der Waals surface area contributed by atoms with Crippen molar-refractivity contribution in [3.8, 4) is 11.8 Å². The maximum atomic E-state index is 10.2. The Labute approximate surface area is 61.6 Å². The second kappa shape index (κ2) is 6.31. The molecule has 0 radical (unpaired) electrons. The lowest BCUT2D eigenvalue weighted by molar-refractivity contribution is -0.117. The highest BCUT2D eigenvalue weighted by atomic mass is 16.5. The summed E-state index contributed by atoms with van der Waals surface area (Å²) in [6.45, 7) is 4.17.